The average molecular weight is 234 g/mol. The minimum Gasteiger partial charge on any atom is -0.383 e. The smallest absolute Gasteiger partial charge is 0.135 e. The lowest BCUT2D eigenvalue weighted by Crippen LogP contribution is -2.07. The number of nitrogens with two attached hydrogens (primary N) is 1. The minimum absolute atomic E-state index is 0.542. The predicted molar refractivity (Wildman–Crippen MR) is 67.6 cm³/mol. The van der Waals surface area contributed by atoms with E-state index < -0.39 is 0 Å². The van der Waals surface area contributed by atoms with E-state index in [9.17, 15) is 0 Å². The van der Waals surface area contributed by atoms with E-state index in [-0.39, 0.29) is 0 Å². The molecule has 0 amide bonds. The van der Waals surface area contributed by atoms with Crippen molar-refractivity contribution < 1.29 is 0 Å². The second-order valence-corrected chi connectivity index (χ2v) is 4.39. The van der Waals surface area contributed by atoms with E-state index in [2.05, 4.69) is 32.1 Å². The van der Waals surface area contributed by atoms with Crippen molar-refractivity contribution in [1.82, 2.24) is 9.97 Å². The normalized spacial score (nSPS) is 10.4. The zero-order valence-corrected chi connectivity index (χ0v) is 10.1. The maximum atomic E-state index is 5.78. The number of aromatic nitrogens is 2. The Hall–Kier alpha value is -1.62. The molecule has 0 saturated carbocycles. The Bertz CT molecular complexity index is 479. The third kappa shape index (κ3) is 2.30. The highest BCUT2D eigenvalue weighted by Crippen LogP contribution is 2.18. The Balaban J connectivity index is 2.15. The van der Waals surface area contributed by atoms with Crippen LogP contribution in [0.15, 0.2) is 16.8 Å². The molecule has 0 bridgehead atoms. The highest BCUT2D eigenvalue weighted by molar-refractivity contribution is 7.07. The molecule has 0 aliphatic rings. The average Bonchev–Trinajstić information content (AvgIpc) is 2.74. The molecule has 2 heterocycles. The summed E-state index contributed by atoms with van der Waals surface area (Å²) in [4.78, 5) is 8.44. The minimum atomic E-state index is 0.542. The molecule has 3 N–H and O–H groups in total. The van der Waals surface area contributed by atoms with Gasteiger partial charge in [-0.3, -0.25) is 0 Å². The second-order valence-electron chi connectivity index (χ2n) is 3.61. The molecule has 2 aromatic rings. The van der Waals surface area contributed by atoms with Crippen LogP contribution in [-0.2, 0) is 6.54 Å². The topological polar surface area (TPSA) is 63.8 Å². The van der Waals surface area contributed by atoms with Crippen LogP contribution in [-0.4, -0.2) is 9.97 Å². The van der Waals surface area contributed by atoms with Gasteiger partial charge in [-0.2, -0.15) is 11.3 Å². The maximum absolute atomic E-state index is 5.78. The molecule has 16 heavy (non-hydrogen) atoms. The summed E-state index contributed by atoms with van der Waals surface area (Å²) in [7, 11) is 0. The van der Waals surface area contributed by atoms with Crippen LogP contribution in [0.25, 0.3) is 0 Å². The van der Waals surface area contributed by atoms with E-state index in [4.69, 9.17) is 5.73 Å². The Morgan fingerprint density at radius 1 is 1.38 bits per heavy atom. The summed E-state index contributed by atoms with van der Waals surface area (Å²) in [6, 6.07) is 2.09. The summed E-state index contributed by atoms with van der Waals surface area (Å²) >= 11 is 1.69. The van der Waals surface area contributed by atoms with Gasteiger partial charge in [0.25, 0.3) is 0 Å². The van der Waals surface area contributed by atoms with E-state index >= 15 is 0 Å². The van der Waals surface area contributed by atoms with Crippen molar-refractivity contribution in [1.29, 1.82) is 0 Å². The summed E-state index contributed by atoms with van der Waals surface area (Å²) in [6.07, 6.45) is 0. The zero-order valence-electron chi connectivity index (χ0n) is 9.32. The molecule has 0 aliphatic heterocycles. The fraction of sp³-hybridized carbons (Fsp3) is 0.273. The van der Waals surface area contributed by atoms with Crippen molar-refractivity contribution in [2.75, 3.05) is 11.1 Å². The summed E-state index contributed by atoms with van der Waals surface area (Å²) in [5.41, 5.74) is 7.93. The molecule has 2 rings (SSSR count). The van der Waals surface area contributed by atoms with Gasteiger partial charge in [0.1, 0.15) is 17.5 Å². The van der Waals surface area contributed by atoms with Crippen LogP contribution in [0.4, 0.5) is 11.6 Å². The first-order valence-corrected chi connectivity index (χ1v) is 5.97. The predicted octanol–water partition coefficient (Wildman–Crippen LogP) is 2.35. The number of nitrogens with zero attached hydrogens (tertiary/aromatic N) is 2. The van der Waals surface area contributed by atoms with Gasteiger partial charge in [-0.1, -0.05) is 0 Å². The Morgan fingerprint density at radius 3 is 2.88 bits per heavy atom. The molecule has 4 nitrogen and oxygen atoms in total. The van der Waals surface area contributed by atoms with Crippen molar-refractivity contribution in [2.45, 2.75) is 20.4 Å². The van der Waals surface area contributed by atoms with Gasteiger partial charge in [-0.05, 0) is 36.2 Å². The highest BCUT2D eigenvalue weighted by Gasteiger charge is 2.05. The summed E-state index contributed by atoms with van der Waals surface area (Å²) in [5, 5.41) is 7.44. The Morgan fingerprint density at radius 2 is 2.19 bits per heavy atom. The SMILES string of the molecule is Cc1nc(N)c(C)c(NCc2ccsc2)n1. The van der Waals surface area contributed by atoms with Gasteiger partial charge in [-0.15, -0.1) is 0 Å². The largest absolute Gasteiger partial charge is 0.383 e. The van der Waals surface area contributed by atoms with Gasteiger partial charge in [0.05, 0.1) is 0 Å². The number of hydrogen-bond donors (Lipinski definition) is 2. The van der Waals surface area contributed by atoms with Gasteiger partial charge >= 0.3 is 0 Å². The molecular weight excluding hydrogens is 220 g/mol. The highest BCUT2D eigenvalue weighted by atomic mass is 32.1. The molecular formula is C11H14N4S. The lowest BCUT2D eigenvalue weighted by molar-refractivity contribution is 1.01. The first-order valence-electron chi connectivity index (χ1n) is 5.02. The van der Waals surface area contributed by atoms with Crippen LogP contribution in [0.2, 0.25) is 0 Å². The second kappa shape index (κ2) is 4.49. The number of thiophene rings is 1. The van der Waals surface area contributed by atoms with Gasteiger partial charge in [-0.25, -0.2) is 9.97 Å². The first kappa shape index (κ1) is 10.9. The molecule has 0 atom stereocenters. The van der Waals surface area contributed by atoms with E-state index in [1.807, 2.05) is 13.8 Å². The fourth-order valence-corrected chi connectivity index (χ4v) is 2.07. The van der Waals surface area contributed by atoms with Gasteiger partial charge < -0.3 is 11.1 Å². The third-order valence-electron chi connectivity index (χ3n) is 2.34. The molecule has 0 unspecified atom stereocenters. The van der Waals surface area contributed by atoms with E-state index in [1.54, 1.807) is 11.3 Å². The third-order valence-corrected chi connectivity index (χ3v) is 3.07. The van der Waals surface area contributed by atoms with Gasteiger partial charge in [0.2, 0.25) is 0 Å². The lowest BCUT2D eigenvalue weighted by Gasteiger charge is -2.09. The molecule has 0 saturated heterocycles. The molecule has 0 aromatic carbocycles. The Labute approximate surface area is 98.6 Å². The molecule has 0 fully saturated rings. The standard InChI is InChI=1S/C11H14N4S/c1-7-10(12)14-8(2)15-11(7)13-5-9-3-4-16-6-9/h3-4,6H,5H2,1-2H3,(H3,12,13,14,15). The van der Waals surface area contributed by atoms with Crippen LogP contribution in [0.3, 0.4) is 0 Å². The molecule has 0 radical (unpaired) electrons. The van der Waals surface area contributed by atoms with Crippen LogP contribution in [0.5, 0.6) is 0 Å². The van der Waals surface area contributed by atoms with E-state index in [0.29, 0.717) is 11.6 Å². The summed E-state index contributed by atoms with van der Waals surface area (Å²) in [6.45, 7) is 4.52. The number of nitrogen functional groups attached to an aromatic ring is 1. The quantitative estimate of drug-likeness (QED) is 0.855. The summed E-state index contributed by atoms with van der Waals surface area (Å²) < 4.78 is 0. The summed E-state index contributed by atoms with van der Waals surface area (Å²) in [5.74, 6) is 2.05. The maximum Gasteiger partial charge on any atom is 0.135 e. The fourth-order valence-electron chi connectivity index (χ4n) is 1.40. The van der Waals surface area contributed by atoms with Crippen LogP contribution in [0.1, 0.15) is 17.0 Å². The van der Waals surface area contributed by atoms with Crippen molar-refractivity contribution in [3.05, 3.63) is 33.8 Å². The lowest BCUT2D eigenvalue weighted by atomic mass is 10.3. The Kier molecular flexibility index (Phi) is 3.05. The number of hydrogen-bond acceptors (Lipinski definition) is 5. The molecule has 0 aliphatic carbocycles. The molecule has 0 spiro atoms. The molecule has 5 heteroatoms. The monoisotopic (exact) mass is 234 g/mol. The number of aryl methyl sites for hydroxylation is 1. The van der Waals surface area contributed by atoms with Crippen molar-refractivity contribution >= 4 is 23.0 Å². The number of anilines is 2. The molecule has 2 aromatic heterocycles. The molecule has 84 valence electrons. The van der Waals surface area contributed by atoms with E-state index in [1.165, 1.54) is 5.56 Å². The van der Waals surface area contributed by atoms with Crippen LogP contribution < -0.4 is 11.1 Å². The van der Waals surface area contributed by atoms with Crippen LogP contribution in [0, 0.1) is 13.8 Å². The van der Waals surface area contributed by atoms with Gasteiger partial charge in [0.15, 0.2) is 0 Å². The number of rotatable bonds is 3. The van der Waals surface area contributed by atoms with Crippen molar-refractivity contribution in [2.24, 2.45) is 0 Å². The van der Waals surface area contributed by atoms with Crippen LogP contribution >= 0.6 is 11.3 Å². The van der Waals surface area contributed by atoms with Crippen molar-refractivity contribution in [3.63, 3.8) is 0 Å². The number of nitrogens with one attached hydrogen (secondary N) is 1. The van der Waals surface area contributed by atoms with E-state index in [0.717, 1.165) is 17.9 Å². The van der Waals surface area contributed by atoms with Crippen molar-refractivity contribution in [3.8, 4) is 0 Å². The zero-order chi connectivity index (χ0) is 11.5. The van der Waals surface area contributed by atoms with Gasteiger partial charge in [0, 0.05) is 12.1 Å². The first-order chi connectivity index (χ1) is 7.66.